The van der Waals surface area contributed by atoms with Gasteiger partial charge in [0.15, 0.2) is 0 Å². The highest BCUT2D eigenvalue weighted by Gasteiger charge is 2.40. The van der Waals surface area contributed by atoms with Crippen LogP contribution in [0.4, 0.5) is 5.69 Å². The first-order chi connectivity index (χ1) is 22.6. The van der Waals surface area contributed by atoms with E-state index in [1.807, 2.05) is 13.8 Å². The Bertz CT molecular complexity index is 1650. The van der Waals surface area contributed by atoms with Crippen molar-refractivity contribution in [2.24, 2.45) is 0 Å². The summed E-state index contributed by atoms with van der Waals surface area (Å²) in [6, 6.07) is 19.9. The van der Waals surface area contributed by atoms with Crippen molar-refractivity contribution in [2.75, 3.05) is 25.6 Å². The van der Waals surface area contributed by atoms with Crippen LogP contribution in [0.1, 0.15) is 54.8 Å². The van der Waals surface area contributed by atoms with Gasteiger partial charge in [-0.15, -0.1) is 0 Å². The number of anilines is 1. The molecule has 0 unspecified atom stereocenters. The molecular formula is C35H37N3O8S2. The number of ether oxygens (including phenoxy) is 2. The number of hydrogen-bond donors (Lipinski definition) is 3. The molecule has 3 aromatic rings. The molecule has 0 aromatic heterocycles. The van der Waals surface area contributed by atoms with Gasteiger partial charge in [-0.1, -0.05) is 23.5 Å². The molecule has 252 valence electrons. The van der Waals surface area contributed by atoms with Crippen molar-refractivity contribution in [3.05, 3.63) is 93.7 Å². The molecule has 1 aliphatic rings. The SMILES string of the molecule is CNC(=O)c1ccc(SC2=C(Sc3ccc(C(=O)NC)cc3)C(=O)N(c3ccc(OC(C)(C)COC(C)(C)CC(=O)O)cc3)C2=O)cc1. The van der Waals surface area contributed by atoms with Crippen LogP contribution in [0.2, 0.25) is 0 Å². The summed E-state index contributed by atoms with van der Waals surface area (Å²) < 4.78 is 11.9. The minimum atomic E-state index is -0.962. The molecule has 1 heterocycles. The summed E-state index contributed by atoms with van der Waals surface area (Å²) in [5, 5.41) is 14.3. The molecule has 3 aromatic carbocycles. The maximum Gasteiger partial charge on any atom is 0.306 e. The standard InChI is InChI=1S/C35H37N3O8S2/c1-34(2,19-27(39)40)45-20-35(3,4)46-24-13-11-23(12-14-24)38-32(43)28(47-25-15-7-21(8-16-25)30(41)36-5)29(33(38)44)48-26-17-9-22(10-18-26)31(42)37-6/h7-18H,19-20H2,1-6H3,(H,36,41)(H,37,42)(H,39,40). The van der Waals surface area contributed by atoms with E-state index in [2.05, 4.69) is 10.6 Å². The molecule has 0 bridgehead atoms. The molecule has 0 fully saturated rings. The third-order valence-electron chi connectivity index (χ3n) is 7.00. The summed E-state index contributed by atoms with van der Waals surface area (Å²) in [5.74, 6) is -2.00. The van der Waals surface area contributed by atoms with E-state index in [1.54, 1.807) is 86.6 Å². The monoisotopic (exact) mass is 691 g/mol. The highest BCUT2D eigenvalue weighted by molar-refractivity contribution is 8.08. The number of carbonyl (C=O) groups excluding carboxylic acids is 4. The number of amides is 4. The Morgan fingerprint density at radius 1 is 0.708 bits per heavy atom. The highest BCUT2D eigenvalue weighted by Crippen LogP contribution is 2.44. The van der Waals surface area contributed by atoms with E-state index >= 15 is 0 Å². The maximum absolute atomic E-state index is 13.9. The molecule has 4 rings (SSSR count). The third kappa shape index (κ3) is 9.06. The number of nitrogens with one attached hydrogen (secondary N) is 2. The normalized spacial score (nSPS) is 13.5. The number of benzene rings is 3. The van der Waals surface area contributed by atoms with E-state index in [1.165, 1.54) is 14.1 Å². The number of aliphatic carboxylic acids is 1. The van der Waals surface area contributed by atoms with Crippen LogP contribution in [-0.4, -0.2) is 66.6 Å². The summed E-state index contributed by atoms with van der Waals surface area (Å²) in [7, 11) is 3.08. The molecule has 0 saturated carbocycles. The lowest BCUT2D eigenvalue weighted by Gasteiger charge is -2.31. The summed E-state index contributed by atoms with van der Waals surface area (Å²) in [6.45, 7) is 7.14. The van der Waals surface area contributed by atoms with E-state index in [0.717, 1.165) is 28.4 Å². The van der Waals surface area contributed by atoms with Crippen LogP contribution in [0, 0.1) is 0 Å². The third-order valence-corrected chi connectivity index (χ3v) is 9.32. The van der Waals surface area contributed by atoms with Crippen molar-refractivity contribution in [1.82, 2.24) is 10.6 Å². The summed E-state index contributed by atoms with van der Waals surface area (Å²) in [4.78, 5) is 65.8. The lowest BCUT2D eigenvalue weighted by molar-refractivity contribution is -0.147. The van der Waals surface area contributed by atoms with Gasteiger partial charge < -0.3 is 25.2 Å². The fraction of sp³-hybridized carbons (Fsp3) is 0.286. The summed E-state index contributed by atoms with van der Waals surface area (Å²) in [5.41, 5.74) is -0.445. The first kappa shape index (κ1) is 36.2. The zero-order chi connectivity index (χ0) is 35.2. The Labute approximate surface area is 287 Å². The van der Waals surface area contributed by atoms with Crippen LogP contribution >= 0.6 is 23.5 Å². The lowest BCUT2D eigenvalue weighted by atomic mass is 10.0. The quantitative estimate of drug-likeness (QED) is 0.185. The Hall–Kier alpha value is -4.59. The number of carbonyl (C=O) groups is 5. The van der Waals surface area contributed by atoms with Gasteiger partial charge in [-0.25, -0.2) is 4.90 Å². The first-order valence-electron chi connectivity index (χ1n) is 14.9. The van der Waals surface area contributed by atoms with Crippen LogP contribution < -0.4 is 20.3 Å². The van der Waals surface area contributed by atoms with E-state index in [0.29, 0.717) is 32.4 Å². The van der Waals surface area contributed by atoms with Crippen LogP contribution in [0.5, 0.6) is 5.75 Å². The fourth-order valence-corrected chi connectivity index (χ4v) is 6.56. The smallest absolute Gasteiger partial charge is 0.306 e. The predicted octanol–water partition coefficient (Wildman–Crippen LogP) is 5.50. The molecule has 0 aliphatic carbocycles. The Kier molecular flexibility index (Phi) is 11.4. The zero-order valence-electron chi connectivity index (χ0n) is 27.4. The van der Waals surface area contributed by atoms with E-state index in [9.17, 15) is 24.0 Å². The Morgan fingerprint density at radius 3 is 1.54 bits per heavy atom. The average Bonchev–Trinajstić information content (AvgIpc) is 3.27. The van der Waals surface area contributed by atoms with Gasteiger partial charge in [0.05, 0.1) is 34.1 Å². The van der Waals surface area contributed by atoms with Crippen molar-refractivity contribution in [3.8, 4) is 5.75 Å². The molecule has 48 heavy (non-hydrogen) atoms. The second-order valence-electron chi connectivity index (χ2n) is 12.0. The fourth-order valence-electron chi connectivity index (χ4n) is 4.57. The van der Waals surface area contributed by atoms with Crippen molar-refractivity contribution in [3.63, 3.8) is 0 Å². The number of hydrogen-bond acceptors (Lipinski definition) is 9. The molecule has 0 radical (unpaired) electrons. The molecular weight excluding hydrogens is 655 g/mol. The van der Waals surface area contributed by atoms with Crippen LogP contribution in [-0.2, 0) is 19.1 Å². The minimum absolute atomic E-state index is 0.122. The van der Waals surface area contributed by atoms with Crippen molar-refractivity contribution >= 4 is 58.8 Å². The number of imide groups is 1. The second-order valence-corrected chi connectivity index (χ2v) is 14.2. The molecule has 0 spiro atoms. The highest BCUT2D eigenvalue weighted by atomic mass is 32.2. The summed E-state index contributed by atoms with van der Waals surface area (Å²) >= 11 is 2.25. The van der Waals surface area contributed by atoms with Gasteiger partial charge in [-0.2, -0.15) is 0 Å². The number of carboxylic acid groups (broad SMARTS) is 1. The number of thioether (sulfide) groups is 2. The van der Waals surface area contributed by atoms with Gasteiger partial charge in [-0.05, 0) is 100 Å². The van der Waals surface area contributed by atoms with Crippen molar-refractivity contribution in [2.45, 2.75) is 55.1 Å². The minimum Gasteiger partial charge on any atom is -0.485 e. The maximum atomic E-state index is 13.9. The van der Waals surface area contributed by atoms with Gasteiger partial charge in [0.25, 0.3) is 23.6 Å². The Morgan fingerprint density at radius 2 is 1.15 bits per heavy atom. The molecule has 11 nitrogen and oxygen atoms in total. The van der Waals surface area contributed by atoms with Crippen molar-refractivity contribution < 1.29 is 38.6 Å². The summed E-state index contributed by atoms with van der Waals surface area (Å²) in [6.07, 6.45) is -0.160. The largest absolute Gasteiger partial charge is 0.485 e. The van der Waals surface area contributed by atoms with Crippen LogP contribution in [0.15, 0.2) is 92.4 Å². The first-order valence-corrected chi connectivity index (χ1v) is 16.5. The number of carboxylic acids is 1. The predicted molar refractivity (Wildman–Crippen MR) is 184 cm³/mol. The van der Waals surface area contributed by atoms with Gasteiger partial charge in [0.1, 0.15) is 11.4 Å². The molecule has 1 aliphatic heterocycles. The van der Waals surface area contributed by atoms with E-state index in [4.69, 9.17) is 14.6 Å². The molecule has 4 amide bonds. The van der Waals surface area contributed by atoms with Crippen LogP contribution in [0.3, 0.4) is 0 Å². The van der Waals surface area contributed by atoms with Gasteiger partial charge in [0.2, 0.25) is 0 Å². The molecule has 0 saturated heterocycles. The Balaban J connectivity index is 1.57. The molecule has 13 heteroatoms. The number of nitrogens with zero attached hydrogens (tertiary/aromatic N) is 1. The van der Waals surface area contributed by atoms with Crippen molar-refractivity contribution in [1.29, 1.82) is 0 Å². The average molecular weight is 692 g/mol. The van der Waals surface area contributed by atoms with Gasteiger partial charge >= 0.3 is 5.97 Å². The van der Waals surface area contributed by atoms with Gasteiger partial charge in [0, 0.05) is 35.0 Å². The van der Waals surface area contributed by atoms with Gasteiger partial charge in [-0.3, -0.25) is 24.0 Å². The van der Waals surface area contributed by atoms with E-state index in [-0.39, 0.29) is 34.7 Å². The molecule has 3 N–H and O–H groups in total. The lowest BCUT2D eigenvalue weighted by Crippen LogP contribution is -2.39. The molecule has 0 atom stereocenters. The second kappa shape index (κ2) is 15.1. The van der Waals surface area contributed by atoms with Crippen LogP contribution in [0.25, 0.3) is 0 Å². The van der Waals surface area contributed by atoms with E-state index < -0.39 is 29.0 Å². The zero-order valence-corrected chi connectivity index (χ0v) is 29.0. The number of rotatable bonds is 14. The topological polar surface area (TPSA) is 151 Å².